The van der Waals surface area contributed by atoms with E-state index in [4.69, 9.17) is 10.7 Å². The number of rotatable bonds is 4. The minimum absolute atomic E-state index is 0.553. The van der Waals surface area contributed by atoms with E-state index in [9.17, 15) is 0 Å². The van der Waals surface area contributed by atoms with Gasteiger partial charge in [-0.15, -0.1) is 0 Å². The molecule has 3 rings (SSSR count). The Balaban J connectivity index is 1.75. The SMILES string of the molecule is CC(C)N1CCC(Cc2cn3c(CN)cccc3n2)C1. The van der Waals surface area contributed by atoms with Gasteiger partial charge in [0.1, 0.15) is 5.65 Å². The van der Waals surface area contributed by atoms with Gasteiger partial charge in [0, 0.05) is 31.0 Å². The molecule has 1 fully saturated rings. The Morgan fingerprint density at radius 1 is 1.40 bits per heavy atom. The fourth-order valence-corrected chi connectivity index (χ4v) is 3.18. The third kappa shape index (κ3) is 2.58. The molecule has 2 aromatic heterocycles. The summed E-state index contributed by atoms with van der Waals surface area (Å²) in [4.78, 5) is 7.30. The van der Waals surface area contributed by atoms with E-state index in [0.29, 0.717) is 12.6 Å². The molecule has 3 heterocycles. The minimum Gasteiger partial charge on any atom is -0.325 e. The van der Waals surface area contributed by atoms with Crippen LogP contribution in [0.25, 0.3) is 5.65 Å². The van der Waals surface area contributed by atoms with E-state index >= 15 is 0 Å². The lowest BCUT2D eigenvalue weighted by Gasteiger charge is -2.19. The predicted octanol–water partition coefficient (Wildman–Crippen LogP) is 2.07. The van der Waals surface area contributed by atoms with Crippen molar-refractivity contribution in [2.45, 2.75) is 39.3 Å². The number of imidazole rings is 1. The number of fused-ring (bicyclic) bond motifs is 1. The van der Waals surface area contributed by atoms with Crippen molar-refractivity contribution >= 4 is 5.65 Å². The van der Waals surface area contributed by atoms with Crippen LogP contribution in [0.4, 0.5) is 0 Å². The number of nitrogens with zero attached hydrogens (tertiary/aromatic N) is 3. The van der Waals surface area contributed by atoms with E-state index in [1.807, 2.05) is 6.07 Å². The summed E-state index contributed by atoms with van der Waals surface area (Å²) in [7, 11) is 0. The van der Waals surface area contributed by atoms with Gasteiger partial charge in [0.2, 0.25) is 0 Å². The summed E-state index contributed by atoms with van der Waals surface area (Å²) in [6.45, 7) is 7.54. The second-order valence-corrected chi connectivity index (χ2v) is 6.13. The molecule has 0 aliphatic carbocycles. The Bertz CT molecular complexity index is 587. The Kier molecular flexibility index (Phi) is 3.76. The molecule has 1 saturated heterocycles. The molecule has 1 aliphatic rings. The van der Waals surface area contributed by atoms with E-state index in [-0.39, 0.29) is 0 Å². The Morgan fingerprint density at radius 2 is 2.25 bits per heavy atom. The van der Waals surface area contributed by atoms with E-state index in [0.717, 1.165) is 23.7 Å². The highest BCUT2D eigenvalue weighted by Gasteiger charge is 2.24. The summed E-state index contributed by atoms with van der Waals surface area (Å²) in [5.41, 5.74) is 9.12. The van der Waals surface area contributed by atoms with Crippen molar-refractivity contribution in [3.63, 3.8) is 0 Å². The van der Waals surface area contributed by atoms with Crippen LogP contribution in [0, 0.1) is 5.92 Å². The molecule has 0 bridgehead atoms. The summed E-state index contributed by atoms with van der Waals surface area (Å²) >= 11 is 0. The molecule has 0 spiro atoms. The number of nitrogens with two attached hydrogens (primary N) is 1. The first-order valence-corrected chi connectivity index (χ1v) is 7.57. The average molecular weight is 272 g/mol. The van der Waals surface area contributed by atoms with E-state index in [1.54, 1.807) is 0 Å². The topological polar surface area (TPSA) is 46.6 Å². The molecule has 1 atom stereocenters. The van der Waals surface area contributed by atoms with Crippen molar-refractivity contribution in [3.05, 3.63) is 35.8 Å². The van der Waals surface area contributed by atoms with Crippen LogP contribution < -0.4 is 5.73 Å². The highest BCUT2D eigenvalue weighted by molar-refractivity contribution is 5.41. The normalized spacial score (nSPS) is 20.3. The van der Waals surface area contributed by atoms with Crippen LogP contribution in [0.2, 0.25) is 0 Å². The van der Waals surface area contributed by atoms with Crippen LogP contribution in [-0.4, -0.2) is 33.4 Å². The number of aromatic nitrogens is 2. The maximum absolute atomic E-state index is 5.78. The Labute approximate surface area is 120 Å². The zero-order valence-corrected chi connectivity index (χ0v) is 12.4. The second kappa shape index (κ2) is 5.54. The summed E-state index contributed by atoms with van der Waals surface area (Å²) in [6, 6.07) is 6.81. The van der Waals surface area contributed by atoms with Gasteiger partial charge >= 0.3 is 0 Å². The first-order chi connectivity index (χ1) is 9.67. The lowest BCUT2D eigenvalue weighted by molar-refractivity contribution is 0.265. The zero-order chi connectivity index (χ0) is 14.1. The molecule has 0 aromatic carbocycles. The average Bonchev–Trinajstić information content (AvgIpc) is 3.04. The van der Waals surface area contributed by atoms with Crippen LogP contribution >= 0.6 is 0 Å². The van der Waals surface area contributed by atoms with Crippen molar-refractivity contribution in [1.29, 1.82) is 0 Å². The Hall–Kier alpha value is -1.39. The smallest absolute Gasteiger partial charge is 0.137 e. The van der Waals surface area contributed by atoms with Crippen LogP contribution in [0.1, 0.15) is 31.7 Å². The molecule has 1 aliphatic heterocycles. The van der Waals surface area contributed by atoms with Gasteiger partial charge in [0.15, 0.2) is 0 Å². The molecular formula is C16H24N4. The lowest BCUT2D eigenvalue weighted by atomic mass is 10.0. The molecule has 4 heteroatoms. The van der Waals surface area contributed by atoms with Gasteiger partial charge in [-0.3, -0.25) is 0 Å². The maximum atomic E-state index is 5.78. The molecule has 20 heavy (non-hydrogen) atoms. The largest absolute Gasteiger partial charge is 0.325 e. The summed E-state index contributed by atoms with van der Waals surface area (Å²) in [5.74, 6) is 0.739. The third-order valence-electron chi connectivity index (χ3n) is 4.38. The monoisotopic (exact) mass is 272 g/mol. The predicted molar refractivity (Wildman–Crippen MR) is 81.6 cm³/mol. The highest BCUT2D eigenvalue weighted by Crippen LogP contribution is 2.22. The van der Waals surface area contributed by atoms with Gasteiger partial charge in [-0.2, -0.15) is 0 Å². The molecular weight excluding hydrogens is 248 g/mol. The summed E-state index contributed by atoms with van der Waals surface area (Å²) in [6.07, 6.45) is 4.53. The van der Waals surface area contributed by atoms with Crippen molar-refractivity contribution in [2.75, 3.05) is 13.1 Å². The van der Waals surface area contributed by atoms with Crippen LogP contribution in [0.3, 0.4) is 0 Å². The zero-order valence-electron chi connectivity index (χ0n) is 12.4. The number of hydrogen-bond donors (Lipinski definition) is 1. The van der Waals surface area contributed by atoms with Gasteiger partial charge in [0.05, 0.1) is 5.69 Å². The molecule has 108 valence electrons. The molecule has 0 saturated carbocycles. The van der Waals surface area contributed by atoms with E-state index in [2.05, 4.69) is 41.5 Å². The van der Waals surface area contributed by atoms with E-state index < -0.39 is 0 Å². The molecule has 0 amide bonds. The molecule has 2 N–H and O–H groups in total. The van der Waals surface area contributed by atoms with Crippen LogP contribution in [0.15, 0.2) is 24.4 Å². The molecule has 2 aromatic rings. The Morgan fingerprint density at radius 3 is 2.95 bits per heavy atom. The quantitative estimate of drug-likeness (QED) is 0.927. The van der Waals surface area contributed by atoms with Gasteiger partial charge in [-0.1, -0.05) is 6.07 Å². The van der Waals surface area contributed by atoms with Gasteiger partial charge in [-0.25, -0.2) is 4.98 Å². The molecule has 1 unspecified atom stereocenters. The van der Waals surface area contributed by atoms with Gasteiger partial charge in [0.25, 0.3) is 0 Å². The standard InChI is InChI=1S/C16H24N4/c1-12(2)19-7-6-13(10-19)8-14-11-20-15(9-17)4-3-5-16(20)18-14/h3-5,11-13H,6-10,17H2,1-2H3. The first-order valence-electron chi connectivity index (χ1n) is 7.57. The molecule has 4 nitrogen and oxygen atoms in total. The summed E-state index contributed by atoms with van der Waals surface area (Å²) < 4.78 is 2.13. The summed E-state index contributed by atoms with van der Waals surface area (Å²) in [5, 5.41) is 0. The van der Waals surface area contributed by atoms with Gasteiger partial charge in [-0.05, 0) is 51.3 Å². The van der Waals surface area contributed by atoms with Crippen LogP contribution in [0.5, 0.6) is 0 Å². The second-order valence-electron chi connectivity index (χ2n) is 6.13. The minimum atomic E-state index is 0.553. The van der Waals surface area contributed by atoms with Crippen molar-refractivity contribution in [3.8, 4) is 0 Å². The third-order valence-corrected chi connectivity index (χ3v) is 4.38. The highest BCUT2D eigenvalue weighted by atomic mass is 15.2. The molecule has 0 radical (unpaired) electrons. The number of likely N-dealkylation sites (tertiary alicyclic amines) is 1. The fraction of sp³-hybridized carbons (Fsp3) is 0.562. The van der Waals surface area contributed by atoms with Gasteiger partial charge < -0.3 is 15.0 Å². The van der Waals surface area contributed by atoms with Crippen molar-refractivity contribution < 1.29 is 0 Å². The van der Waals surface area contributed by atoms with E-state index in [1.165, 1.54) is 25.2 Å². The number of pyridine rings is 1. The fourth-order valence-electron chi connectivity index (χ4n) is 3.18. The maximum Gasteiger partial charge on any atom is 0.137 e. The van der Waals surface area contributed by atoms with Crippen molar-refractivity contribution in [2.24, 2.45) is 11.7 Å². The number of hydrogen-bond acceptors (Lipinski definition) is 3. The van der Waals surface area contributed by atoms with Crippen LogP contribution in [-0.2, 0) is 13.0 Å². The lowest BCUT2D eigenvalue weighted by Crippen LogP contribution is -2.28. The first kappa shape index (κ1) is 13.6. The van der Waals surface area contributed by atoms with Crippen molar-refractivity contribution in [1.82, 2.24) is 14.3 Å².